The van der Waals surface area contributed by atoms with E-state index < -0.39 is 27.5 Å². The van der Waals surface area contributed by atoms with Gasteiger partial charge in [-0.3, -0.25) is 0 Å². The third-order valence-corrected chi connectivity index (χ3v) is 3.60. The van der Waals surface area contributed by atoms with Crippen LogP contribution in [0, 0.1) is 5.82 Å². The molecule has 100 valence electrons. The second-order valence-corrected chi connectivity index (χ2v) is 5.27. The molecule has 0 aliphatic carbocycles. The Kier molecular flexibility index (Phi) is 3.34. The molecule has 0 fully saturated rings. The Labute approximate surface area is 107 Å². The average molecular weight is 285 g/mol. The van der Waals surface area contributed by atoms with E-state index in [1.165, 1.54) is 12.1 Å². The van der Waals surface area contributed by atoms with Crippen LogP contribution in [0.3, 0.4) is 0 Å². The van der Waals surface area contributed by atoms with Crippen molar-refractivity contribution in [2.24, 2.45) is 4.40 Å². The maximum absolute atomic E-state index is 12.6. The van der Waals surface area contributed by atoms with Gasteiger partial charge in [-0.25, -0.2) is 9.18 Å². The molecule has 1 N–H and O–H groups in total. The Morgan fingerprint density at radius 2 is 1.95 bits per heavy atom. The molecule has 0 bridgehead atoms. The number of hydrogen-bond acceptors (Lipinski definition) is 4. The normalized spacial score (nSPS) is 16.7. The Balaban J connectivity index is 2.11. The average Bonchev–Trinajstić information content (AvgIpc) is 2.64. The molecule has 0 saturated carbocycles. The van der Waals surface area contributed by atoms with Gasteiger partial charge in [-0.2, -0.15) is 12.8 Å². The Bertz CT molecular complexity index is 676. The standard InChI is InChI=1S/C11H8FNO5S/c12-7-1-3-8(4-2-7)18-6-9-5-10(11(14)15)13-19(9,16)17/h1-5H,6H2,(H,14,15). The molecule has 1 aliphatic rings. The topological polar surface area (TPSA) is 93.0 Å². The number of carbonyl (C=O) groups is 1. The van der Waals surface area contributed by atoms with E-state index in [4.69, 9.17) is 9.84 Å². The number of carboxylic acids is 1. The molecule has 0 unspecified atom stereocenters. The molecule has 0 radical (unpaired) electrons. The molecule has 1 aromatic rings. The van der Waals surface area contributed by atoms with E-state index in [-0.39, 0.29) is 17.3 Å². The highest BCUT2D eigenvalue weighted by molar-refractivity contribution is 7.94. The zero-order valence-corrected chi connectivity index (χ0v) is 10.2. The first-order valence-electron chi connectivity index (χ1n) is 5.06. The number of rotatable bonds is 4. The summed E-state index contributed by atoms with van der Waals surface area (Å²) in [6.07, 6.45) is 0.932. The molecule has 19 heavy (non-hydrogen) atoms. The maximum atomic E-state index is 12.6. The van der Waals surface area contributed by atoms with Crippen LogP contribution in [0.25, 0.3) is 0 Å². The molecule has 1 aliphatic heterocycles. The zero-order chi connectivity index (χ0) is 14.0. The van der Waals surface area contributed by atoms with Crippen molar-refractivity contribution in [3.8, 4) is 5.75 Å². The highest BCUT2D eigenvalue weighted by Gasteiger charge is 2.28. The number of carboxylic acid groups (broad SMARTS) is 1. The molecule has 1 aromatic carbocycles. The van der Waals surface area contributed by atoms with Gasteiger partial charge in [-0.15, -0.1) is 0 Å². The van der Waals surface area contributed by atoms with E-state index >= 15 is 0 Å². The van der Waals surface area contributed by atoms with Gasteiger partial charge in [0.1, 0.15) is 23.1 Å². The van der Waals surface area contributed by atoms with Crippen molar-refractivity contribution >= 4 is 21.7 Å². The highest BCUT2D eigenvalue weighted by atomic mass is 32.2. The lowest BCUT2D eigenvalue weighted by atomic mass is 10.3. The fraction of sp³-hybridized carbons (Fsp3) is 0.0909. The summed E-state index contributed by atoms with van der Waals surface area (Å²) in [5, 5.41) is 8.66. The molecule has 2 rings (SSSR count). The van der Waals surface area contributed by atoms with Gasteiger partial charge in [0.05, 0.1) is 0 Å². The summed E-state index contributed by atoms with van der Waals surface area (Å²) in [7, 11) is -3.99. The number of aliphatic carboxylic acids is 1. The predicted molar refractivity (Wildman–Crippen MR) is 64.0 cm³/mol. The van der Waals surface area contributed by atoms with E-state index in [1.54, 1.807) is 0 Å². The van der Waals surface area contributed by atoms with Gasteiger partial charge in [0.2, 0.25) is 0 Å². The molecule has 0 spiro atoms. The van der Waals surface area contributed by atoms with Crippen LogP contribution in [0.5, 0.6) is 5.75 Å². The summed E-state index contributed by atoms with van der Waals surface area (Å²) in [6.45, 7) is -0.367. The second kappa shape index (κ2) is 4.81. The van der Waals surface area contributed by atoms with E-state index in [2.05, 4.69) is 4.40 Å². The molecule has 0 saturated heterocycles. The number of nitrogens with zero attached hydrogens (tertiary/aromatic N) is 1. The first-order chi connectivity index (χ1) is 8.88. The zero-order valence-electron chi connectivity index (χ0n) is 9.41. The summed E-state index contributed by atoms with van der Waals surface area (Å²) < 4.78 is 43.8. The van der Waals surface area contributed by atoms with Crippen LogP contribution >= 0.6 is 0 Å². The van der Waals surface area contributed by atoms with Gasteiger partial charge >= 0.3 is 5.97 Å². The lowest BCUT2D eigenvalue weighted by Crippen LogP contribution is -2.07. The fourth-order valence-electron chi connectivity index (χ4n) is 1.34. The first kappa shape index (κ1) is 13.2. The molecule has 6 nitrogen and oxygen atoms in total. The molecule has 0 atom stereocenters. The lowest BCUT2D eigenvalue weighted by Gasteiger charge is -2.05. The van der Waals surface area contributed by atoms with E-state index in [0.717, 1.165) is 18.2 Å². The molecule has 0 amide bonds. The van der Waals surface area contributed by atoms with E-state index in [0.29, 0.717) is 0 Å². The SMILES string of the molecule is O=C(O)C1=NS(=O)(=O)C(COc2ccc(F)cc2)=C1. The monoisotopic (exact) mass is 285 g/mol. The van der Waals surface area contributed by atoms with E-state index in [1.807, 2.05) is 0 Å². The number of ether oxygens (including phenoxy) is 1. The van der Waals surface area contributed by atoms with Crippen LogP contribution in [0.1, 0.15) is 0 Å². The predicted octanol–water partition coefficient (Wildman–Crippen LogP) is 0.957. The molecule has 1 heterocycles. The van der Waals surface area contributed by atoms with Crippen LogP contribution in [0.15, 0.2) is 39.6 Å². The number of sulfonamides is 1. The van der Waals surface area contributed by atoms with Gasteiger partial charge in [0.25, 0.3) is 10.0 Å². The van der Waals surface area contributed by atoms with Crippen LogP contribution in [0.4, 0.5) is 4.39 Å². The van der Waals surface area contributed by atoms with Gasteiger partial charge in [0, 0.05) is 0 Å². The second-order valence-electron chi connectivity index (χ2n) is 3.61. The minimum absolute atomic E-state index is 0.255. The number of halogens is 1. The van der Waals surface area contributed by atoms with Crippen molar-refractivity contribution in [2.45, 2.75) is 0 Å². The lowest BCUT2D eigenvalue weighted by molar-refractivity contribution is -0.129. The largest absolute Gasteiger partial charge is 0.488 e. The van der Waals surface area contributed by atoms with Gasteiger partial charge in [0.15, 0.2) is 5.71 Å². The molecule has 0 aromatic heterocycles. The minimum Gasteiger partial charge on any atom is -0.488 e. The summed E-state index contributed by atoms with van der Waals surface area (Å²) >= 11 is 0. The van der Waals surface area contributed by atoms with E-state index in [9.17, 15) is 17.6 Å². The smallest absolute Gasteiger partial charge is 0.355 e. The third-order valence-electron chi connectivity index (χ3n) is 2.26. The molecular formula is C11H8FNO5S. The Hall–Kier alpha value is -2.22. The van der Waals surface area contributed by atoms with Crippen LogP contribution in [0.2, 0.25) is 0 Å². The van der Waals surface area contributed by atoms with Crippen molar-refractivity contribution in [1.29, 1.82) is 0 Å². The van der Waals surface area contributed by atoms with Crippen LogP contribution < -0.4 is 4.74 Å². The van der Waals surface area contributed by atoms with Crippen molar-refractivity contribution in [2.75, 3.05) is 6.61 Å². The number of hydrogen-bond donors (Lipinski definition) is 1. The minimum atomic E-state index is -3.99. The summed E-state index contributed by atoms with van der Waals surface area (Å²) in [5.41, 5.74) is -0.558. The van der Waals surface area contributed by atoms with Gasteiger partial charge in [-0.05, 0) is 30.3 Å². The van der Waals surface area contributed by atoms with Crippen LogP contribution in [-0.4, -0.2) is 31.8 Å². The highest BCUT2D eigenvalue weighted by Crippen LogP contribution is 2.19. The van der Waals surface area contributed by atoms with Crippen LogP contribution in [-0.2, 0) is 14.8 Å². The molecular weight excluding hydrogens is 277 g/mol. The quantitative estimate of drug-likeness (QED) is 0.889. The van der Waals surface area contributed by atoms with Gasteiger partial charge < -0.3 is 9.84 Å². The fourth-order valence-corrected chi connectivity index (χ4v) is 2.32. The number of benzene rings is 1. The third kappa shape index (κ3) is 2.97. The Morgan fingerprint density at radius 3 is 2.47 bits per heavy atom. The molecule has 8 heteroatoms. The van der Waals surface area contributed by atoms with Crippen molar-refractivity contribution in [1.82, 2.24) is 0 Å². The Morgan fingerprint density at radius 1 is 1.32 bits per heavy atom. The van der Waals surface area contributed by atoms with Crippen molar-refractivity contribution < 1.29 is 27.4 Å². The van der Waals surface area contributed by atoms with Gasteiger partial charge in [-0.1, -0.05) is 0 Å². The summed E-state index contributed by atoms with van der Waals surface area (Å²) in [5.74, 6) is -1.61. The maximum Gasteiger partial charge on any atom is 0.355 e. The van der Waals surface area contributed by atoms with Crippen molar-refractivity contribution in [3.05, 3.63) is 41.1 Å². The summed E-state index contributed by atoms with van der Waals surface area (Å²) in [6, 6.07) is 4.98. The first-order valence-corrected chi connectivity index (χ1v) is 6.50. The van der Waals surface area contributed by atoms with Crippen molar-refractivity contribution in [3.63, 3.8) is 0 Å². The summed E-state index contributed by atoms with van der Waals surface area (Å²) in [4.78, 5) is 10.4.